The third kappa shape index (κ3) is 3.75. The van der Waals surface area contributed by atoms with Gasteiger partial charge in [0.15, 0.2) is 18.1 Å². The first-order valence-corrected chi connectivity index (χ1v) is 6.24. The van der Waals surface area contributed by atoms with Gasteiger partial charge in [0, 0.05) is 31.8 Å². The molecule has 1 aromatic rings. The average molecular weight is 282 g/mol. The topological polar surface area (TPSA) is 92.0 Å². The van der Waals surface area contributed by atoms with Crippen LogP contribution in [0.25, 0.3) is 0 Å². The normalized spacial score (nSPS) is 12.4. The summed E-state index contributed by atoms with van der Waals surface area (Å²) in [6.45, 7) is 1.90. The minimum atomic E-state index is -0.527. The van der Waals surface area contributed by atoms with Crippen molar-refractivity contribution in [3.63, 3.8) is 0 Å². The van der Waals surface area contributed by atoms with E-state index in [4.69, 9.17) is 24.7 Å². The number of amides is 1. The third-order valence-electron chi connectivity index (χ3n) is 2.72. The van der Waals surface area contributed by atoms with Crippen LogP contribution in [0.15, 0.2) is 12.1 Å². The summed E-state index contributed by atoms with van der Waals surface area (Å²) < 4.78 is 21.0. The number of ether oxygens (including phenoxy) is 4. The second kappa shape index (κ2) is 6.97. The molecule has 7 nitrogen and oxygen atoms in total. The summed E-state index contributed by atoms with van der Waals surface area (Å²) in [4.78, 5) is 10.8. The van der Waals surface area contributed by atoms with E-state index >= 15 is 0 Å². The fourth-order valence-corrected chi connectivity index (χ4v) is 1.78. The van der Waals surface area contributed by atoms with Crippen LogP contribution in [0.3, 0.4) is 0 Å². The minimum absolute atomic E-state index is 0.176. The van der Waals surface area contributed by atoms with Crippen molar-refractivity contribution in [3.8, 4) is 17.2 Å². The van der Waals surface area contributed by atoms with E-state index < -0.39 is 5.91 Å². The van der Waals surface area contributed by atoms with Crippen LogP contribution in [0.5, 0.6) is 17.2 Å². The summed E-state index contributed by atoms with van der Waals surface area (Å²) in [5, 5.41) is 3.20. The zero-order chi connectivity index (χ0) is 14.4. The highest BCUT2D eigenvalue weighted by molar-refractivity contribution is 5.75. The van der Waals surface area contributed by atoms with Crippen LogP contribution in [0, 0.1) is 0 Å². The Kier molecular flexibility index (Phi) is 5.03. The van der Waals surface area contributed by atoms with Crippen LogP contribution < -0.4 is 25.3 Å². The van der Waals surface area contributed by atoms with Crippen molar-refractivity contribution in [2.24, 2.45) is 5.73 Å². The number of nitrogens with two attached hydrogens (primary N) is 1. The summed E-state index contributed by atoms with van der Waals surface area (Å²) in [6.07, 6.45) is 0. The molecule has 0 fully saturated rings. The molecule has 1 amide bonds. The number of hydrogen-bond acceptors (Lipinski definition) is 6. The Morgan fingerprint density at radius 3 is 2.85 bits per heavy atom. The Morgan fingerprint density at radius 2 is 2.15 bits per heavy atom. The Morgan fingerprint density at radius 1 is 1.40 bits per heavy atom. The van der Waals surface area contributed by atoms with Crippen molar-refractivity contribution in [1.29, 1.82) is 0 Å². The molecule has 110 valence electrons. The van der Waals surface area contributed by atoms with Gasteiger partial charge in [0.05, 0.1) is 6.61 Å². The minimum Gasteiger partial charge on any atom is -0.483 e. The molecule has 2 rings (SSSR count). The van der Waals surface area contributed by atoms with Crippen LogP contribution in [0.2, 0.25) is 0 Å². The molecule has 0 saturated carbocycles. The van der Waals surface area contributed by atoms with Crippen LogP contribution in [0.4, 0.5) is 0 Å². The maximum atomic E-state index is 10.8. The number of carbonyl (C=O) groups excluding carboxylic acids is 1. The smallest absolute Gasteiger partial charge is 0.255 e. The molecule has 0 aromatic heterocycles. The van der Waals surface area contributed by atoms with E-state index in [1.165, 1.54) is 0 Å². The van der Waals surface area contributed by atoms with E-state index in [-0.39, 0.29) is 13.4 Å². The molecule has 0 aliphatic carbocycles. The molecule has 0 radical (unpaired) electrons. The van der Waals surface area contributed by atoms with E-state index in [9.17, 15) is 4.79 Å². The Balaban J connectivity index is 2.07. The second-order valence-corrected chi connectivity index (χ2v) is 4.24. The Labute approximate surface area is 116 Å². The lowest BCUT2D eigenvalue weighted by molar-refractivity contribution is -0.119. The first-order valence-electron chi connectivity index (χ1n) is 6.24. The summed E-state index contributed by atoms with van der Waals surface area (Å²) in [5.41, 5.74) is 5.96. The third-order valence-corrected chi connectivity index (χ3v) is 2.72. The molecule has 0 saturated heterocycles. The number of rotatable bonds is 8. The van der Waals surface area contributed by atoms with Gasteiger partial charge in [0.25, 0.3) is 5.91 Å². The summed E-state index contributed by atoms with van der Waals surface area (Å²) >= 11 is 0. The average Bonchev–Trinajstić information content (AvgIpc) is 2.87. The van der Waals surface area contributed by atoms with Crippen LogP contribution >= 0.6 is 0 Å². The monoisotopic (exact) mass is 282 g/mol. The van der Waals surface area contributed by atoms with Crippen LogP contribution in [-0.2, 0) is 16.1 Å². The number of hydrogen-bond donors (Lipinski definition) is 2. The highest BCUT2D eigenvalue weighted by atomic mass is 16.7. The molecule has 1 aliphatic rings. The van der Waals surface area contributed by atoms with Crippen molar-refractivity contribution in [2.75, 3.05) is 33.7 Å². The molecule has 7 heteroatoms. The molecular formula is C13H18N2O5. The van der Waals surface area contributed by atoms with Gasteiger partial charge in [-0.15, -0.1) is 0 Å². The number of methoxy groups -OCH3 is 1. The molecule has 1 heterocycles. The summed E-state index contributed by atoms with van der Waals surface area (Å²) in [6, 6.07) is 3.54. The lowest BCUT2D eigenvalue weighted by atomic mass is 10.1. The molecule has 1 aliphatic heterocycles. The van der Waals surface area contributed by atoms with E-state index in [0.717, 1.165) is 5.56 Å². The number of fused-ring (bicyclic) bond motifs is 1. The van der Waals surface area contributed by atoms with Gasteiger partial charge in [-0.1, -0.05) is 0 Å². The highest BCUT2D eigenvalue weighted by Crippen LogP contribution is 2.38. The Hall–Kier alpha value is -1.99. The highest BCUT2D eigenvalue weighted by Gasteiger charge is 2.18. The fraction of sp³-hybridized carbons (Fsp3) is 0.462. The number of nitrogens with one attached hydrogen (secondary N) is 1. The zero-order valence-corrected chi connectivity index (χ0v) is 11.3. The van der Waals surface area contributed by atoms with Crippen molar-refractivity contribution < 1.29 is 23.7 Å². The van der Waals surface area contributed by atoms with Crippen LogP contribution in [-0.4, -0.2) is 39.6 Å². The van der Waals surface area contributed by atoms with Gasteiger partial charge >= 0.3 is 0 Å². The Bertz CT molecular complexity index is 478. The molecular weight excluding hydrogens is 264 g/mol. The van der Waals surface area contributed by atoms with Crippen molar-refractivity contribution in [1.82, 2.24) is 5.32 Å². The maximum Gasteiger partial charge on any atom is 0.255 e. The number of primary amides is 1. The summed E-state index contributed by atoms with van der Waals surface area (Å²) in [7, 11) is 1.64. The van der Waals surface area contributed by atoms with Gasteiger partial charge in [0.2, 0.25) is 6.79 Å². The zero-order valence-electron chi connectivity index (χ0n) is 11.3. The van der Waals surface area contributed by atoms with E-state index in [1.807, 2.05) is 6.07 Å². The van der Waals surface area contributed by atoms with E-state index in [1.54, 1.807) is 13.2 Å². The van der Waals surface area contributed by atoms with Gasteiger partial charge in [-0.25, -0.2) is 0 Å². The number of carbonyl (C=O) groups is 1. The first-order chi connectivity index (χ1) is 9.70. The largest absolute Gasteiger partial charge is 0.483 e. The molecule has 0 unspecified atom stereocenters. The maximum absolute atomic E-state index is 10.8. The molecule has 20 heavy (non-hydrogen) atoms. The molecule has 0 spiro atoms. The molecule has 3 N–H and O–H groups in total. The molecule has 0 atom stereocenters. The quantitative estimate of drug-likeness (QED) is 0.653. The fourth-order valence-electron chi connectivity index (χ4n) is 1.78. The van der Waals surface area contributed by atoms with Gasteiger partial charge in [-0.05, 0) is 6.07 Å². The molecule has 0 bridgehead atoms. The SMILES string of the molecule is COCCNCc1cc2c(cc1OCC(N)=O)OCO2. The first kappa shape index (κ1) is 14.4. The standard InChI is InChI=1S/C13H18N2O5/c1-17-3-2-15-6-9-4-11-12(20-8-19-11)5-10(9)18-7-13(14)16/h4-5,15H,2-3,6-8H2,1H3,(H2,14,16). The van der Waals surface area contributed by atoms with Gasteiger partial charge in [0.1, 0.15) is 5.75 Å². The van der Waals surface area contributed by atoms with Gasteiger partial charge < -0.3 is 30.0 Å². The van der Waals surface area contributed by atoms with Crippen molar-refractivity contribution in [2.45, 2.75) is 6.54 Å². The van der Waals surface area contributed by atoms with Crippen LogP contribution in [0.1, 0.15) is 5.56 Å². The lowest BCUT2D eigenvalue weighted by Gasteiger charge is -2.12. The second-order valence-electron chi connectivity index (χ2n) is 4.24. The van der Waals surface area contributed by atoms with Crippen molar-refractivity contribution in [3.05, 3.63) is 17.7 Å². The van der Waals surface area contributed by atoms with Gasteiger partial charge in [-0.3, -0.25) is 4.79 Å². The van der Waals surface area contributed by atoms with Crippen molar-refractivity contribution >= 4 is 5.91 Å². The molecule has 1 aromatic carbocycles. The number of benzene rings is 1. The predicted molar refractivity (Wildman–Crippen MR) is 70.8 cm³/mol. The van der Waals surface area contributed by atoms with Gasteiger partial charge in [-0.2, -0.15) is 0 Å². The summed E-state index contributed by atoms with van der Waals surface area (Å²) in [5.74, 6) is 1.30. The van der Waals surface area contributed by atoms with E-state index in [0.29, 0.717) is 36.9 Å². The van der Waals surface area contributed by atoms with E-state index in [2.05, 4.69) is 5.32 Å². The lowest BCUT2D eigenvalue weighted by Crippen LogP contribution is -2.22. The predicted octanol–water partition coefficient (Wildman–Crippen LogP) is 0.0154.